The Labute approximate surface area is 503 Å². The zero-order chi connectivity index (χ0) is 56.9. The molecule has 4 heterocycles. The summed E-state index contributed by atoms with van der Waals surface area (Å²) in [6.45, 7) is 43.7. The van der Waals surface area contributed by atoms with Gasteiger partial charge in [-0.05, 0) is 98.2 Å². The third kappa shape index (κ3) is 23.4. The Hall–Kier alpha value is -0.00455. The number of nitrogens with zero attached hydrogens (tertiary/aromatic N) is 6. The summed E-state index contributed by atoms with van der Waals surface area (Å²) in [6.07, 6.45) is 0. The van der Waals surface area contributed by atoms with Crippen LogP contribution in [0.3, 0.4) is 0 Å². The van der Waals surface area contributed by atoms with Crippen LogP contribution in [0.2, 0.25) is 54.4 Å². The monoisotopic (exact) mass is 1270 g/mol. The molecule has 0 radical (unpaired) electrons. The van der Waals surface area contributed by atoms with Gasteiger partial charge in [-0.1, -0.05) is 62.3 Å². The Morgan fingerprint density at radius 2 is 1.00 bits per heavy atom. The second kappa shape index (κ2) is 29.8. The first-order valence-electron chi connectivity index (χ1n) is 22.1. The number of hydrogen-bond acceptors (Lipinski definition) is 19. The summed E-state index contributed by atoms with van der Waals surface area (Å²) in [5.74, 6) is 1.01. The summed E-state index contributed by atoms with van der Waals surface area (Å²) in [4.78, 5) is 45.3. The van der Waals surface area contributed by atoms with Crippen LogP contribution in [0.15, 0.2) is 28.2 Å². The summed E-state index contributed by atoms with van der Waals surface area (Å²) < 4.78 is 64.7. The quantitative estimate of drug-likeness (QED) is 0.0756. The van der Waals surface area contributed by atoms with E-state index in [9.17, 15) is 41.8 Å². The number of halogens is 4. The van der Waals surface area contributed by atoms with Crippen LogP contribution >= 0.6 is 80.0 Å². The Balaban J connectivity index is -0.000000925. The van der Waals surface area contributed by atoms with Gasteiger partial charge in [-0.2, -0.15) is 13.8 Å². The SMILES string of the molecule is CC(C)(O)c1nc(CO[Si](C)(C)C(C)(C)C)c(S(=O)(=O)Cl)s1.CC(C)(O)c1nc(CO[Si](C)(C)C(C)(C)C)cs1.C[C-](C)c1nc(CO[Si](C)(C)C(C)(C)C)c(S(=O)[O-])s1.O=c1n(Cl)c(=O)n(Cl)c(=O)n1Cl.[Li+].[Li+].[OH-]. The predicted molar refractivity (Wildman–Crippen MR) is 302 cm³/mol. The Bertz CT molecular complexity index is 2690. The average Bonchev–Trinajstić information content (AvgIpc) is 3.98. The number of thiazole rings is 3. The van der Waals surface area contributed by atoms with E-state index in [1.54, 1.807) is 27.7 Å². The summed E-state index contributed by atoms with van der Waals surface area (Å²) in [5.41, 5.74) is -3.86. The number of rotatable bonds is 14. The molecule has 0 amide bonds. The van der Waals surface area contributed by atoms with Crippen molar-refractivity contribution >= 4 is 125 Å². The van der Waals surface area contributed by atoms with E-state index in [4.69, 9.17) is 59.3 Å². The zero-order valence-corrected chi connectivity index (χ0v) is 57.5. The first-order valence-corrected chi connectivity index (χ1v) is 37.7. The fraction of sp³-hybridized carbons (Fsp3) is 0.690. The van der Waals surface area contributed by atoms with Crippen LogP contribution in [-0.4, -0.2) is 85.0 Å². The topological polar surface area (TPSA) is 277 Å². The molecule has 1 atom stereocenters. The zero-order valence-electron chi connectivity index (χ0n) is 47.4. The van der Waals surface area contributed by atoms with Gasteiger partial charge >= 0.3 is 54.8 Å². The van der Waals surface area contributed by atoms with Crippen LogP contribution < -0.4 is 54.8 Å². The van der Waals surface area contributed by atoms with Gasteiger partial charge < -0.3 is 39.4 Å². The maximum absolute atomic E-state index is 11.7. The molecule has 4 rings (SSSR count). The molecule has 0 spiro atoms. The maximum Gasteiger partial charge on any atom is 1.00 e. The van der Waals surface area contributed by atoms with Crippen LogP contribution in [0.1, 0.15) is 136 Å². The van der Waals surface area contributed by atoms with Gasteiger partial charge in [0.2, 0.25) is 0 Å². The summed E-state index contributed by atoms with van der Waals surface area (Å²) >= 11 is 16.6. The van der Waals surface area contributed by atoms with Crippen LogP contribution in [0.25, 0.3) is 0 Å². The van der Waals surface area contributed by atoms with Crippen molar-refractivity contribution in [3.63, 3.8) is 0 Å². The van der Waals surface area contributed by atoms with Crippen molar-refractivity contribution in [2.45, 2.75) is 198 Å². The molecule has 0 bridgehead atoms. The minimum atomic E-state index is -3.92. The van der Waals surface area contributed by atoms with Crippen molar-refractivity contribution in [3.05, 3.63) is 74.9 Å². The van der Waals surface area contributed by atoms with Gasteiger partial charge in [-0.15, -0.1) is 46.3 Å². The summed E-state index contributed by atoms with van der Waals surface area (Å²) in [7, 11) is -4.11. The Morgan fingerprint density at radius 3 is 1.29 bits per heavy atom. The van der Waals surface area contributed by atoms with Gasteiger partial charge in [0.1, 0.15) is 25.4 Å². The largest absolute Gasteiger partial charge is 1.00 e. The molecule has 33 heteroatoms. The van der Waals surface area contributed by atoms with Gasteiger partial charge in [0.25, 0.3) is 9.05 Å². The molecule has 0 fully saturated rings. The molecule has 3 N–H and O–H groups in total. The molecule has 75 heavy (non-hydrogen) atoms. The second-order valence-electron chi connectivity index (χ2n) is 22.3. The van der Waals surface area contributed by atoms with Crippen LogP contribution in [0.5, 0.6) is 0 Å². The first kappa shape index (κ1) is 79.2. The fourth-order valence-electron chi connectivity index (χ4n) is 4.19. The van der Waals surface area contributed by atoms with E-state index in [1.807, 2.05) is 19.2 Å². The van der Waals surface area contributed by atoms with Crippen LogP contribution in [0.4, 0.5) is 0 Å². The average molecular weight is 1270 g/mol. The van der Waals surface area contributed by atoms with Crippen molar-refractivity contribution in [2.75, 3.05) is 0 Å². The molecule has 1 unspecified atom stereocenters. The molecule has 0 aliphatic carbocycles. The third-order valence-corrected chi connectivity index (χ3v) is 33.2. The minimum Gasteiger partial charge on any atom is -0.870 e. The van der Waals surface area contributed by atoms with E-state index in [2.05, 4.69) is 117 Å². The number of aromatic nitrogens is 6. The van der Waals surface area contributed by atoms with E-state index in [0.29, 0.717) is 21.5 Å². The van der Waals surface area contributed by atoms with Crippen molar-refractivity contribution in [1.82, 2.24) is 27.2 Å². The maximum atomic E-state index is 11.7. The molecule has 0 aromatic carbocycles. The van der Waals surface area contributed by atoms with E-state index in [0.717, 1.165) is 33.0 Å². The van der Waals surface area contributed by atoms with Crippen LogP contribution in [0, 0.1) is 5.92 Å². The smallest absolute Gasteiger partial charge is 0.870 e. The first-order chi connectivity index (χ1) is 31.9. The molecule has 0 saturated carbocycles. The molecule has 0 saturated heterocycles. The van der Waals surface area contributed by atoms with Crippen molar-refractivity contribution in [2.24, 2.45) is 0 Å². The number of aliphatic hydroxyl groups is 2. The standard InChI is InChI=1S/C13H24ClNO4S2Si.C13H24NO3S2Si.C13H25NO2SSi.C3Cl3N3O3.2Li.H2O/c1-12(2,3)22(6,7)19-8-9-10(21(14,17)18)20-11(15-9)13(4,5)16;1-9(2)11-14-10(12(18-11)19(15)16)8-17-20(6,7)13(3,4)5;1-12(2,3)18(6,7)16-8-10-9-17-11(14-10)13(4,5)15;4-7-1(10)8(5)3(12)9(6)2(7)11;;;/h16H,8H2,1-7H3;8H2,1-7H3,(H,15,16);9,15H,8H2,1-7H3;;;;1H2/q;-1;;;2*+1;/p-2. The van der Waals surface area contributed by atoms with Crippen molar-refractivity contribution in [3.8, 4) is 0 Å². The van der Waals surface area contributed by atoms with Crippen LogP contribution in [-0.2, 0) is 64.4 Å². The van der Waals surface area contributed by atoms with Crippen molar-refractivity contribution < 1.29 is 83.9 Å². The van der Waals surface area contributed by atoms with Gasteiger partial charge in [-0.25, -0.2) is 32.8 Å². The van der Waals surface area contributed by atoms with E-state index < -0.39 is 73.4 Å². The van der Waals surface area contributed by atoms with Gasteiger partial charge in [0.15, 0.2) is 29.2 Å². The van der Waals surface area contributed by atoms with E-state index >= 15 is 0 Å². The second-order valence-corrected chi connectivity index (χ2v) is 44.5. The molecule has 0 aliphatic heterocycles. The molecule has 4 aromatic heterocycles. The fourth-order valence-corrected chi connectivity index (χ4v) is 12.3. The Morgan fingerprint density at radius 1 is 0.653 bits per heavy atom. The molecule has 422 valence electrons. The third-order valence-electron chi connectivity index (χ3n) is 11.9. The van der Waals surface area contributed by atoms with Crippen molar-refractivity contribution in [1.29, 1.82) is 0 Å². The predicted octanol–water partition coefficient (Wildman–Crippen LogP) is 4.59. The van der Waals surface area contributed by atoms with Gasteiger partial charge in [-0.3, -0.25) is 9.19 Å². The normalized spacial score (nSPS) is 13.1. The Kier molecular flexibility index (Phi) is 31.5. The molecule has 19 nitrogen and oxygen atoms in total. The number of hydrogen-bond donors (Lipinski definition) is 2. The molecule has 0 aliphatic rings. The molecule has 4 aromatic rings. The van der Waals surface area contributed by atoms with Gasteiger partial charge in [0, 0.05) is 51.4 Å². The van der Waals surface area contributed by atoms with E-state index in [1.165, 1.54) is 22.7 Å². The van der Waals surface area contributed by atoms with E-state index in [-0.39, 0.29) is 93.7 Å². The molecular formula is C42H73Cl4Li2N6O13S5Si3-. The van der Waals surface area contributed by atoms with Gasteiger partial charge in [0.05, 0.1) is 36.9 Å². The minimum absolute atomic E-state index is 0. The summed E-state index contributed by atoms with van der Waals surface area (Å²) in [5, 5.41) is 24.0. The summed E-state index contributed by atoms with van der Waals surface area (Å²) in [6, 6.07) is 0. The molecular weight excluding hydrogens is 1200 g/mol.